The van der Waals surface area contributed by atoms with Crippen LogP contribution in [-0.4, -0.2) is 54.1 Å². The van der Waals surface area contributed by atoms with Gasteiger partial charge in [-0.05, 0) is 24.3 Å². The van der Waals surface area contributed by atoms with Crippen molar-refractivity contribution in [3.63, 3.8) is 0 Å². The summed E-state index contributed by atoms with van der Waals surface area (Å²) in [5.74, 6) is -15.0. The van der Waals surface area contributed by atoms with E-state index in [1.807, 2.05) is 0 Å². The topological polar surface area (TPSA) is 146 Å². The van der Waals surface area contributed by atoms with Crippen molar-refractivity contribution in [2.45, 2.75) is 0 Å². The van der Waals surface area contributed by atoms with Gasteiger partial charge in [0.15, 0.2) is 46.6 Å². The first-order chi connectivity index (χ1) is 38.4. The molecule has 0 atom stereocenters. The van der Waals surface area contributed by atoms with Crippen LogP contribution in [0.15, 0.2) is 72.8 Å². The normalized spacial score (nSPS) is 12.0. The summed E-state index contributed by atoms with van der Waals surface area (Å²) in [6, 6.07) is 18.9. The van der Waals surface area contributed by atoms with E-state index in [4.69, 9.17) is 112 Å². The number of hydrogen-bond donors (Lipinski definition) is 2. The summed E-state index contributed by atoms with van der Waals surface area (Å²) in [6.07, 6.45) is 0. The third kappa shape index (κ3) is 7.60. The van der Waals surface area contributed by atoms with Crippen LogP contribution >= 0.6 is 92.8 Å². The molecular weight excluding hydrogens is 1220 g/mol. The van der Waals surface area contributed by atoms with Crippen LogP contribution < -0.4 is 18.9 Å². The van der Waals surface area contributed by atoms with Gasteiger partial charge in [0.2, 0.25) is 23.1 Å². The largest absolute Gasteiger partial charge is 0.496 e. The van der Waals surface area contributed by atoms with Gasteiger partial charge in [0.25, 0.3) is 0 Å². The summed E-state index contributed by atoms with van der Waals surface area (Å²) in [6.45, 7) is 0. The molecular formula is C54H20Cl8F6N8O4. The van der Waals surface area contributed by atoms with Crippen LogP contribution in [0.3, 0.4) is 0 Å². The fourth-order valence-corrected chi connectivity index (χ4v) is 11.7. The Morgan fingerprint density at radius 3 is 0.875 bits per heavy atom. The third-order valence-electron chi connectivity index (χ3n) is 13.3. The minimum atomic E-state index is -1.82. The molecule has 13 rings (SSSR count). The van der Waals surface area contributed by atoms with Crippen LogP contribution in [0.5, 0.6) is 34.5 Å². The maximum Gasteiger partial charge on any atom is 0.205 e. The number of halogens is 14. The molecule has 0 saturated carbocycles. The molecule has 11 aromatic rings. The summed E-state index contributed by atoms with van der Waals surface area (Å²) in [4.78, 5) is 32.7. The number of hydrogen-bond acceptors (Lipinski definition) is 10. The van der Waals surface area contributed by atoms with Gasteiger partial charge in [-0.15, -0.1) is 0 Å². The lowest BCUT2D eigenvalue weighted by molar-refractivity contribution is 0.390. The quantitative estimate of drug-likeness (QED) is 0.0937. The van der Waals surface area contributed by atoms with Gasteiger partial charge in [-0.25, -0.2) is 47.5 Å². The Kier molecular flexibility index (Phi) is 12.5. The number of ether oxygens (including phenoxy) is 4. The smallest absolute Gasteiger partial charge is 0.205 e. The van der Waals surface area contributed by atoms with Crippen molar-refractivity contribution in [2.75, 3.05) is 14.2 Å². The van der Waals surface area contributed by atoms with Crippen LogP contribution in [0.1, 0.15) is 0 Å². The lowest BCUT2D eigenvalue weighted by Crippen LogP contribution is -2.02. The first-order valence-electron chi connectivity index (χ1n) is 22.8. The minimum Gasteiger partial charge on any atom is -0.496 e. The molecule has 8 bridgehead atoms. The third-order valence-corrected chi connectivity index (χ3v) is 16.9. The number of methoxy groups -OCH3 is 2. The number of rotatable bonds is 6. The molecule has 3 aromatic heterocycles. The molecule has 2 N–H and O–H groups in total. The second kappa shape index (κ2) is 19.2. The number of H-pyrrole nitrogens is 2. The zero-order valence-electron chi connectivity index (χ0n) is 39.5. The molecule has 0 fully saturated rings. The maximum absolute atomic E-state index is 17.7. The van der Waals surface area contributed by atoms with Crippen molar-refractivity contribution in [3.05, 3.63) is 148 Å². The monoisotopic (exact) mass is 1240 g/mol. The Bertz CT molecular complexity index is 4560. The van der Waals surface area contributed by atoms with E-state index in [0.29, 0.717) is 33.0 Å². The molecule has 0 saturated heterocycles. The van der Waals surface area contributed by atoms with Crippen molar-refractivity contribution in [1.29, 1.82) is 0 Å². The summed E-state index contributed by atoms with van der Waals surface area (Å²) in [5.41, 5.74) is -5.09. The van der Waals surface area contributed by atoms with Gasteiger partial charge >= 0.3 is 0 Å². The van der Waals surface area contributed by atoms with E-state index in [0.717, 1.165) is 0 Å². The number of nitrogens with one attached hydrogen (secondary N) is 2. The molecule has 0 unspecified atom stereocenters. The molecule has 0 aliphatic carbocycles. The van der Waals surface area contributed by atoms with E-state index in [-0.39, 0.29) is 73.2 Å². The Morgan fingerprint density at radius 1 is 0.325 bits per heavy atom. The fraction of sp³-hybridized carbons (Fsp3) is 0.0370. The molecule has 80 heavy (non-hydrogen) atoms. The molecule has 2 aliphatic rings. The van der Waals surface area contributed by atoms with E-state index < -0.39 is 115 Å². The van der Waals surface area contributed by atoms with Gasteiger partial charge in [0.1, 0.15) is 45.6 Å². The molecule has 12 nitrogen and oxygen atoms in total. The number of nitrogens with zero attached hydrogens (tertiary/aromatic N) is 6. The van der Waals surface area contributed by atoms with Gasteiger partial charge in [0, 0.05) is 21.5 Å². The number of benzene rings is 8. The van der Waals surface area contributed by atoms with E-state index >= 15 is 26.3 Å². The highest BCUT2D eigenvalue weighted by Gasteiger charge is 2.38. The van der Waals surface area contributed by atoms with Gasteiger partial charge in [-0.1, -0.05) is 141 Å². The van der Waals surface area contributed by atoms with Crippen LogP contribution in [0.4, 0.5) is 26.3 Å². The molecule has 26 heteroatoms. The molecule has 0 amide bonds. The molecule has 8 aromatic carbocycles. The Balaban J connectivity index is 1.16. The zero-order valence-corrected chi connectivity index (χ0v) is 45.6. The molecule has 5 heterocycles. The summed E-state index contributed by atoms with van der Waals surface area (Å²) >= 11 is 53.9. The molecule has 398 valence electrons. The summed E-state index contributed by atoms with van der Waals surface area (Å²) < 4.78 is 126. The summed E-state index contributed by atoms with van der Waals surface area (Å²) in [7, 11) is 2.85. The maximum atomic E-state index is 17.7. The van der Waals surface area contributed by atoms with E-state index in [9.17, 15) is 0 Å². The Hall–Kier alpha value is -7.26. The lowest BCUT2D eigenvalue weighted by Gasteiger charge is -2.15. The number of aromatic nitrogens is 8. The van der Waals surface area contributed by atoms with Crippen molar-refractivity contribution < 1.29 is 45.3 Å². The first-order valence-corrected chi connectivity index (χ1v) is 25.9. The predicted octanol–water partition coefficient (Wildman–Crippen LogP) is 18.8. The lowest BCUT2D eigenvalue weighted by atomic mass is 10.1. The van der Waals surface area contributed by atoms with Crippen LogP contribution in [0.25, 0.3) is 111 Å². The average molecular weight is 1240 g/mol. The van der Waals surface area contributed by atoms with Gasteiger partial charge in [-0.2, -0.15) is 8.78 Å². The highest BCUT2D eigenvalue weighted by molar-refractivity contribution is 6.57. The summed E-state index contributed by atoms with van der Waals surface area (Å²) in [5, 5.41) is -1.92. The first kappa shape index (κ1) is 52.1. The Labute approximate surface area is 482 Å². The zero-order chi connectivity index (χ0) is 56.1. The van der Waals surface area contributed by atoms with Crippen LogP contribution in [0.2, 0.25) is 40.2 Å². The second-order valence-electron chi connectivity index (χ2n) is 17.5. The fourth-order valence-electron chi connectivity index (χ4n) is 9.67. The Morgan fingerprint density at radius 2 is 0.588 bits per heavy atom. The predicted molar refractivity (Wildman–Crippen MR) is 297 cm³/mol. The molecule has 2 aliphatic heterocycles. The standard InChI is InChI=1S/C54H20Cl8F6N8O4/c1-77-19-11-13-21(17-9-5-3-7-15(17)19)79-45-41(65)29-27(39(63)43(45)67)51-71-47-24-26(34(58)38(62)36(60)32(24)56)50(70-47)74-54-30-28(40(64)44(68)46(42(30)66)80-22-14-12-20(78-2)16-8-4-6-10-18(16)22)52(76-54)72-48-23-25(49(69-48)73-53(29)75-51)33(57)37(61)35(59)31(23)55/h3-14H,1-2H3,(H2,69,70,71,72,73,74,75,76). The SMILES string of the molecule is COc1ccc(Oc2c(F)c(F)c3c(c2F)-c2nc-3nc3[nH]c(nc4nc(nc5[nH]c(n2)c2c(Cl)c(Cl)c(Cl)c(Cl)c52)-c2c(F)c(F)c(Oc5ccc(OC)c6ccccc56)c(F)c2-4)c2c(Cl)c(Cl)c(Cl)c(Cl)c32)c2ccccc12. The second-order valence-corrected chi connectivity index (χ2v) is 20.5. The van der Waals surface area contributed by atoms with E-state index in [1.165, 1.54) is 38.5 Å². The van der Waals surface area contributed by atoms with Crippen molar-refractivity contribution in [3.8, 4) is 80.0 Å². The minimum absolute atomic E-state index is 0.111. The highest BCUT2D eigenvalue weighted by atomic mass is 35.5. The van der Waals surface area contributed by atoms with Gasteiger partial charge in [0.05, 0.1) is 98.2 Å². The van der Waals surface area contributed by atoms with E-state index in [1.54, 1.807) is 48.5 Å². The van der Waals surface area contributed by atoms with Crippen molar-refractivity contribution in [1.82, 2.24) is 39.9 Å². The number of fused-ring (bicyclic) bond motifs is 22. The molecule has 0 radical (unpaired) electrons. The van der Waals surface area contributed by atoms with Crippen LogP contribution in [-0.2, 0) is 0 Å². The van der Waals surface area contributed by atoms with Crippen LogP contribution in [0, 0.1) is 34.9 Å². The van der Waals surface area contributed by atoms with Gasteiger partial charge in [-0.3, -0.25) is 0 Å². The average Bonchev–Trinajstić information content (AvgIpc) is 4.42. The number of aromatic amines is 2. The molecule has 0 spiro atoms. The van der Waals surface area contributed by atoms with Gasteiger partial charge < -0.3 is 28.9 Å². The van der Waals surface area contributed by atoms with Crippen molar-refractivity contribution >= 4 is 158 Å². The van der Waals surface area contributed by atoms with E-state index in [2.05, 4.69) is 39.9 Å². The van der Waals surface area contributed by atoms with Crippen molar-refractivity contribution in [2.24, 2.45) is 0 Å². The highest BCUT2D eigenvalue weighted by Crippen LogP contribution is 2.52.